The van der Waals surface area contributed by atoms with Gasteiger partial charge in [-0.15, -0.1) is 0 Å². The van der Waals surface area contributed by atoms with Gasteiger partial charge in [0, 0.05) is 18.7 Å². The Bertz CT molecular complexity index is 574. The van der Waals surface area contributed by atoms with Crippen LogP contribution in [0.5, 0.6) is 11.5 Å². The first-order chi connectivity index (χ1) is 11.1. The number of likely N-dealkylation sites (tertiary alicyclic amines) is 1. The highest BCUT2D eigenvalue weighted by molar-refractivity contribution is 5.84. The lowest BCUT2D eigenvalue weighted by Crippen LogP contribution is -2.43. The van der Waals surface area contributed by atoms with Gasteiger partial charge in [-0.1, -0.05) is 18.6 Å². The molecule has 0 unspecified atom stereocenters. The van der Waals surface area contributed by atoms with Crippen molar-refractivity contribution in [1.29, 1.82) is 0 Å². The van der Waals surface area contributed by atoms with Crippen LogP contribution < -0.4 is 9.47 Å². The zero-order valence-corrected chi connectivity index (χ0v) is 13.9. The molecule has 1 N–H and O–H groups in total. The summed E-state index contributed by atoms with van der Waals surface area (Å²) in [5.74, 6) is 0.505. The van der Waals surface area contributed by atoms with E-state index in [4.69, 9.17) is 9.47 Å². The number of carbonyl (C=O) groups is 1. The quantitative estimate of drug-likeness (QED) is 0.904. The van der Waals surface area contributed by atoms with Crippen LogP contribution in [0.2, 0.25) is 0 Å². The topological polar surface area (TPSA) is 59.0 Å². The van der Waals surface area contributed by atoms with E-state index in [1.165, 1.54) is 0 Å². The summed E-state index contributed by atoms with van der Waals surface area (Å²) in [7, 11) is 3.72. The third-order valence-corrected chi connectivity index (χ3v) is 5.28. The molecule has 23 heavy (non-hydrogen) atoms. The number of carboxylic acids is 1. The highest BCUT2D eigenvalue weighted by Crippen LogP contribution is 2.50. The maximum Gasteiger partial charge on any atom is 0.314 e. The van der Waals surface area contributed by atoms with Gasteiger partial charge in [0.2, 0.25) is 0 Å². The molecular weight excluding hydrogens is 294 g/mol. The summed E-state index contributed by atoms with van der Waals surface area (Å²) < 4.78 is 11.7. The first kappa shape index (κ1) is 16.1. The van der Waals surface area contributed by atoms with Gasteiger partial charge in [-0.3, -0.25) is 4.79 Å². The van der Waals surface area contributed by atoms with Crippen molar-refractivity contribution >= 4 is 5.97 Å². The van der Waals surface area contributed by atoms with Crippen LogP contribution in [0.15, 0.2) is 18.2 Å². The maximum atomic E-state index is 11.9. The van der Waals surface area contributed by atoms with Crippen molar-refractivity contribution < 1.29 is 19.4 Å². The normalized spacial score (nSPS) is 21.5. The van der Waals surface area contributed by atoms with Gasteiger partial charge in [-0.05, 0) is 38.8 Å². The second-order valence-electron chi connectivity index (χ2n) is 6.70. The summed E-state index contributed by atoms with van der Waals surface area (Å²) in [5.41, 5.74) is -0.0375. The molecule has 0 atom stereocenters. The molecule has 126 valence electrons. The molecule has 3 rings (SSSR count). The van der Waals surface area contributed by atoms with E-state index >= 15 is 0 Å². The Balaban J connectivity index is 1.92. The summed E-state index contributed by atoms with van der Waals surface area (Å²) in [6.45, 7) is 2.00. The molecule has 0 radical (unpaired) electrons. The second-order valence-corrected chi connectivity index (χ2v) is 6.70. The van der Waals surface area contributed by atoms with Crippen molar-refractivity contribution in [2.75, 3.05) is 27.2 Å². The predicted octanol–water partition coefficient (Wildman–Crippen LogP) is 2.67. The molecule has 1 aliphatic carbocycles. The highest BCUT2D eigenvalue weighted by atomic mass is 16.5. The lowest BCUT2D eigenvalue weighted by molar-refractivity contribution is -0.147. The molecule has 1 saturated carbocycles. The number of rotatable bonds is 5. The van der Waals surface area contributed by atoms with Crippen molar-refractivity contribution in [3.8, 4) is 11.5 Å². The molecule has 1 aromatic carbocycles. The molecule has 0 spiro atoms. The van der Waals surface area contributed by atoms with Crippen LogP contribution in [-0.2, 0) is 10.2 Å². The molecule has 5 heteroatoms. The summed E-state index contributed by atoms with van der Waals surface area (Å²) in [5, 5.41) is 9.76. The Morgan fingerprint density at radius 2 is 2.00 bits per heavy atom. The number of hydrogen-bond donors (Lipinski definition) is 1. The first-order valence-electron chi connectivity index (χ1n) is 8.33. The van der Waals surface area contributed by atoms with Gasteiger partial charge in [0.15, 0.2) is 11.5 Å². The van der Waals surface area contributed by atoms with E-state index in [0.717, 1.165) is 37.9 Å². The van der Waals surface area contributed by atoms with Crippen molar-refractivity contribution in [1.82, 2.24) is 4.90 Å². The SMILES string of the molecule is COc1cccc(C2(C(=O)O)CCC2)c1OC1CCN(C)CC1. The van der Waals surface area contributed by atoms with Crippen LogP contribution >= 0.6 is 0 Å². The number of para-hydroxylation sites is 1. The Kier molecular flexibility index (Phi) is 4.48. The average Bonchev–Trinajstić information content (AvgIpc) is 2.49. The minimum Gasteiger partial charge on any atom is -0.493 e. The standard InChI is InChI=1S/C18H25NO4/c1-19-11-7-13(8-12-19)23-16-14(5-3-6-15(16)22-2)18(17(20)21)9-4-10-18/h3,5-6,13H,4,7-12H2,1-2H3,(H,20,21). The molecule has 1 aliphatic heterocycles. The molecule has 1 saturated heterocycles. The third kappa shape index (κ3) is 2.90. The fourth-order valence-corrected chi connectivity index (χ4v) is 3.57. The smallest absolute Gasteiger partial charge is 0.314 e. The molecule has 1 heterocycles. The van der Waals surface area contributed by atoms with Gasteiger partial charge in [-0.2, -0.15) is 0 Å². The van der Waals surface area contributed by atoms with Gasteiger partial charge in [0.05, 0.1) is 12.5 Å². The van der Waals surface area contributed by atoms with E-state index < -0.39 is 11.4 Å². The van der Waals surface area contributed by atoms with E-state index in [0.29, 0.717) is 24.3 Å². The van der Waals surface area contributed by atoms with Gasteiger partial charge < -0.3 is 19.5 Å². The van der Waals surface area contributed by atoms with E-state index in [-0.39, 0.29) is 6.10 Å². The third-order valence-electron chi connectivity index (χ3n) is 5.28. The van der Waals surface area contributed by atoms with Crippen molar-refractivity contribution in [3.05, 3.63) is 23.8 Å². The minimum absolute atomic E-state index is 0.118. The minimum atomic E-state index is -0.810. The number of methoxy groups -OCH3 is 1. The summed E-state index contributed by atoms with van der Waals surface area (Å²) in [6, 6.07) is 5.60. The number of ether oxygens (including phenoxy) is 2. The Morgan fingerprint density at radius 3 is 2.52 bits per heavy atom. The first-order valence-corrected chi connectivity index (χ1v) is 8.33. The van der Waals surface area contributed by atoms with Crippen molar-refractivity contribution in [2.45, 2.75) is 43.6 Å². The molecule has 2 aliphatic rings. The zero-order valence-electron chi connectivity index (χ0n) is 13.9. The number of nitrogens with zero attached hydrogens (tertiary/aromatic N) is 1. The summed E-state index contributed by atoms with van der Waals surface area (Å²) >= 11 is 0. The van der Waals surface area contributed by atoms with Crippen LogP contribution in [0.1, 0.15) is 37.7 Å². The van der Waals surface area contributed by atoms with Crippen molar-refractivity contribution in [2.24, 2.45) is 0 Å². The van der Waals surface area contributed by atoms with Gasteiger partial charge in [0.1, 0.15) is 6.10 Å². The van der Waals surface area contributed by atoms with Crippen LogP contribution in [0.25, 0.3) is 0 Å². The molecule has 2 fully saturated rings. The Hall–Kier alpha value is -1.75. The molecule has 0 amide bonds. The van der Waals surface area contributed by atoms with Crippen LogP contribution in [-0.4, -0.2) is 49.3 Å². The molecule has 5 nitrogen and oxygen atoms in total. The molecule has 0 aromatic heterocycles. The van der Waals surface area contributed by atoms with E-state index in [2.05, 4.69) is 11.9 Å². The number of hydrogen-bond acceptors (Lipinski definition) is 4. The molecule has 1 aromatic rings. The van der Waals surface area contributed by atoms with Crippen LogP contribution in [0.4, 0.5) is 0 Å². The number of carboxylic acid groups (broad SMARTS) is 1. The lowest BCUT2D eigenvalue weighted by atomic mass is 9.64. The lowest BCUT2D eigenvalue weighted by Gasteiger charge is -2.40. The van der Waals surface area contributed by atoms with E-state index in [1.54, 1.807) is 7.11 Å². The fraction of sp³-hybridized carbons (Fsp3) is 0.611. The highest BCUT2D eigenvalue weighted by Gasteiger charge is 2.48. The second kappa shape index (κ2) is 6.40. The van der Waals surface area contributed by atoms with Crippen LogP contribution in [0.3, 0.4) is 0 Å². The average molecular weight is 319 g/mol. The molecule has 0 bridgehead atoms. The van der Waals surface area contributed by atoms with E-state index in [1.807, 2.05) is 18.2 Å². The van der Waals surface area contributed by atoms with E-state index in [9.17, 15) is 9.90 Å². The van der Waals surface area contributed by atoms with Crippen molar-refractivity contribution in [3.63, 3.8) is 0 Å². The van der Waals surface area contributed by atoms with Crippen LogP contribution in [0, 0.1) is 0 Å². The summed E-state index contributed by atoms with van der Waals surface area (Å²) in [4.78, 5) is 14.2. The Labute approximate surface area is 137 Å². The fourth-order valence-electron chi connectivity index (χ4n) is 3.57. The largest absolute Gasteiger partial charge is 0.493 e. The molecular formula is C18H25NO4. The number of benzene rings is 1. The monoisotopic (exact) mass is 319 g/mol. The number of piperidine rings is 1. The van der Waals surface area contributed by atoms with Gasteiger partial charge >= 0.3 is 5.97 Å². The van der Waals surface area contributed by atoms with Gasteiger partial charge in [-0.25, -0.2) is 0 Å². The Morgan fingerprint density at radius 1 is 1.30 bits per heavy atom. The summed E-state index contributed by atoms with van der Waals surface area (Å²) in [6.07, 6.45) is 4.30. The van der Waals surface area contributed by atoms with Gasteiger partial charge in [0.25, 0.3) is 0 Å². The zero-order chi connectivity index (χ0) is 16.4. The number of aliphatic carboxylic acids is 1. The maximum absolute atomic E-state index is 11.9. The predicted molar refractivity (Wildman–Crippen MR) is 87.3 cm³/mol.